The summed E-state index contributed by atoms with van der Waals surface area (Å²) in [6.07, 6.45) is 1.48. The Morgan fingerprint density at radius 2 is 2.04 bits per heavy atom. The van der Waals surface area contributed by atoms with E-state index in [0.29, 0.717) is 12.0 Å². The van der Waals surface area contributed by atoms with E-state index in [1.165, 1.54) is 18.2 Å². The van der Waals surface area contributed by atoms with Crippen molar-refractivity contribution in [3.63, 3.8) is 0 Å². The molecule has 0 aromatic heterocycles. The van der Waals surface area contributed by atoms with E-state index in [2.05, 4.69) is 4.72 Å². The van der Waals surface area contributed by atoms with Crippen LogP contribution in [-0.4, -0.2) is 36.2 Å². The molecule has 23 heavy (non-hydrogen) atoms. The first-order valence-corrected chi connectivity index (χ1v) is 8.87. The van der Waals surface area contributed by atoms with Gasteiger partial charge < -0.3 is 5.11 Å². The number of para-hydroxylation sites is 1. The van der Waals surface area contributed by atoms with E-state index in [4.69, 9.17) is 5.11 Å². The van der Waals surface area contributed by atoms with Crippen molar-refractivity contribution in [1.29, 1.82) is 0 Å². The maximum atomic E-state index is 12.0. The highest BCUT2D eigenvalue weighted by molar-refractivity contribution is 7.89. The fraction of sp³-hybridized carbons (Fsp3) is 0.500. The van der Waals surface area contributed by atoms with E-state index in [1.54, 1.807) is 6.07 Å². The number of hydrogen-bond donors (Lipinski definition) is 2. The van der Waals surface area contributed by atoms with E-state index < -0.39 is 32.7 Å². The molecule has 0 aliphatic rings. The van der Waals surface area contributed by atoms with Crippen LogP contribution in [0.3, 0.4) is 0 Å². The number of aryl methyl sites for hydroxylation is 1. The van der Waals surface area contributed by atoms with Crippen molar-refractivity contribution in [2.24, 2.45) is 0 Å². The molecule has 0 aliphatic heterocycles. The topological polar surface area (TPSA) is 127 Å². The summed E-state index contributed by atoms with van der Waals surface area (Å²) in [7, 11) is -3.85. The smallest absolute Gasteiger partial charge is 0.321 e. The van der Waals surface area contributed by atoms with Crippen LogP contribution in [0.5, 0.6) is 0 Å². The molecule has 8 nitrogen and oxygen atoms in total. The number of nitro groups is 1. The molecule has 0 bridgehead atoms. The minimum Gasteiger partial charge on any atom is -0.480 e. The summed E-state index contributed by atoms with van der Waals surface area (Å²) in [4.78, 5) is 21.4. The Morgan fingerprint density at radius 1 is 1.39 bits per heavy atom. The van der Waals surface area contributed by atoms with Gasteiger partial charge in [-0.1, -0.05) is 38.0 Å². The monoisotopic (exact) mass is 344 g/mol. The highest BCUT2D eigenvalue weighted by Gasteiger charge is 2.24. The lowest BCUT2D eigenvalue weighted by molar-refractivity contribution is -0.385. The molecule has 1 atom stereocenters. The first kappa shape index (κ1) is 19.0. The molecule has 0 saturated heterocycles. The van der Waals surface area contributed by atoms with Crippen LogP contribution in [0.4, 0.5) is 5.69 Å². The van der Waals surface area contributed by atoms with E-state index >= 15 is 0 Å². The fourth-order valence-corrected chi connectivity index (χ4v) is 3.32. The largest absolute Gasteiger partial charge is 0.480 e. The summed E-state index contributed by atoms with van der Waals surface area (Å²) in [5.74, 6) is -1.64. The molecule has 0 spiro atoms. The van der Waals surface area contributed by atoms with Gasteiger partial charge in [-0.25, -0.2) is 13.1 Å². The molecule has 1 aromatic rings. The number of carbonyl (C=O) groups is 1. The third-order valence-corrected chi connectivity index (χ3v) is 4.68. The van der Waals surface area contributed by atoms with E-state index in [-0.39, 0.29) is 18.5 Å². The average molecular weight is 344 g/mol. The molecule has 2 N–H and O–H groups in total. The Hall–Kier alpha value is -2.00. The predicted octanol–water partition coefficient (Wildman–Crippen LogP) is 1.70. The van der Waals surface area contributed by atoms with Gasteiger partial charge in [0.2, 0.25) is 10.0 Å². The van der Waals surface area contributed by atoms with Crippen molar-refractivity contribution >= 4 is 21.7 Å². The van der Waals surface area contributed by atoms with Crippen molar-refractivity contribution in [1.82, 2.24) is 4.72 Å². The van der Waals surface area contributed by atoms with Crippen LogP contribution in [-0.2, 0) is 21.2 Å². The highest BCUT2D eigenvalue weighted by Crippen LogP contribution is 2.18. The van der Waals surface area contributed by atoms with Crippen molar-refractivity contribution in [3.8, 4) is 0 Å². The average Bonchev–Trinajstić information content (AvgIpc) is 2.49. The lowest BCUT2D eigenvalue weighted by Crippen LogP contribution is -2.42. The van der Waals surface area contributed by atoms with Crippen LogP contribution in [0.1, 0.15) is 31.7 Å². The van der Waals surface area contributed by atoms with E-state index in [0.717, 1.165) is 6.42 Å². The second-order valence-corrected chi connectivity index (χ2v) is 6.98. The zero-order valence-electron chi connectivity index (χ0n) is 12.8. The molecular formula is C14H20N2O6S. The summed E-state index contributed by atoms with van der Waals surface area (Å²) >= 11 is 0. The number of carboxylic acids is 1. The Kier molecular flexibility index (Phi) is 7.11. The predicted molar refractivity (Wildman–Crippen MR) is 84.7 cm³/mol. The summed E-state index contributed by atoms with van der Waals surface area (Å²) in [5.41, 5.74) is 0.145. The number of nitrogens with zero attached hydrogens (tertiary/aromatic N) is 1. The third-order valence-electron chi connectivity index (χ3n) is 3.29. The number of nitrogens with one attached hydrogen (secondary N) is 1. The lowest BCUT2D eigenvalue weighted by Gasteiger charge is -2.14. The van der Waals surface area contributed by atoms with Gasteiger partial charge in [0.1, 0.15) is 6.04 Å². The molecule has 0 radical (unpaired) electrons. The minimum absolute atomic E-state index is 0.0629. The van der Waals surface area contributed by atoms with Crippen LogP contribution in [0.25, 0.3) is 0 Å². The second kappa shape index (κ2) is 8.59. The van der Waals surface area contributed by atoms with Gasteiger partial charge in [-0.3, -0.25) is 14.9 Å². The number of aliphatic carboxylic acids is 1. The van der Waals surface area contributed by atoms with Gasteiger partial charge in [-0.15, -0.1) is 0 Å². The van der Waals surface area contributed by atoms with Gasteiger partial charge in [0.25, 0.3) is 5.69 Å². The number of unbranched alkanes of at least 4 members (excludes halogenated alkanes) is 1. The maximum Gasteiger partial charge on any atom is 0.321 e. The van der Waals surface area contributed by atoms with Gasteiger partial charge in [-0.05, 0) is 12.8 Å². The van der Waals surface area contributed by atoms with E-state index in [9.17, 15) is 23.3 Å². The molecule has 0 saturated carbocycles. The first-order valence-electron chi connectivity index (χ1n) is 7.22. The summed E-state index contributed by atoms with van der Waals surface area (Å²) in [5, 5.41) is 19.9. The molecule has 1 aromatic carbocycles. The van der Waals surface area contributed by atoms with Gasteiger partial charge in [0.05, 0.1) is 10.7 Å². The van der Waals surface area contributed by atoms with Gasteiger partial charge in [0, 0.05) is 11.6 Å². The van der Waals surface area contributed by atoms with E-state index in [1.807, 2.05) is 6.92 Å². The molecule has 9 heteroatoms. The number of nitro benzene ring substituents is 1. The lowest BCUT2D eigenvalue weighted by atomic mass is 10.1. The van der Waals surface area contributed by atoms with Crippen LogP contribution in [0, 0.1) is 10.1 Å². The SMILES string of the molecule is CCCC[C@H](NS(=O)(=O)CCc1ccccc1[N+](=O)[O-])C(=O)O. The summed E-state index contributed by atoms with van der Waals surface area (Å²) in [6, 6.07) is 4.70. The van der Waals surface area contributed by atoms with Crippen LogP contribution in [0.2, 0.25) is 0 Å². The zero-order valence-corrected chi connectivity index (χ0v) is 13.6. The van der Waals surface area contributed by atoms with Crippen molar-refractivity contribution < 1.29 is 23.2 Å². The Morgan fingerprint density at radius 3 is 2.61 bits per heavy atom. The van der Waals surface area contributed by atoms with Crippen molar-refractivity contribution in [2.75, 3.05) is 5.75 Å². The molecule has 1 rings (SSSR count). The quantitative estimate of drug-likeness (QED) is 0.491. The van der Waals surface area contributed by atoms with Gasteiger partial charge >= 0.3 is 5.97 Å². The van der Waals surface area contributed by atoms with Crippen molar-refractivity contribution in [2.45, 2.75) is 38.6 Å². The maximum absolute atomic E-state index is 12.0. The number of rotatable bonds is 10. The molecule has 128 valence electrons. The molecule has 0 amide bonds. The van der Waals surface area contributed by atoms with Crippen LogP contribution < -0.4 is 4.72 Å². The minimum atomic E-state index is -3.85. The molecule has 0 heterocycles. The third kappa shape index (κ3) is 6.33. The Balaban J connectivity index is 2.75. The number of carboxylic acid groups (broad SMARTS) is 1. The number of hydrogen-bond acceptors (Lipinski definition) is 5. The summed E-state index contributed by atoms with van der Waals surface area (Å²) < 4.78 is 26.2. The van der Waals surface area contributed by atoms with Crippen LogP contribution >= 0.6 is 0 Å². The Bertz CT molecular complexity index is 659. The number of benzene rings is 1. The molecule has 0 fully saturated rings. The van der Waals surface area contributed by atoms with Crippen LogP contribution in [0.15, 0.2) is 24.3 Å². The van der Waals surface area contributed by atoms with Gasteiger partial charge in [-0.2, -0.15) is 0 Å². The molecular weight excluding hydrogens is 324 g/mol. The molecule has 0 unspecified atom stereocenters. The van der Waals surface area contributed by atoms with Gasteiger partial charge in [0.15, 0.2) is 0 Å². The zero-order chi connectivity index (χ0) is 17.5. The summed E-state index contributed by atoms with van der Waals surface area (Å²) in [6.45, 7) is 1.88. The van der Waals surface area contributed by atoms with Crippen molar-refractivity contribution in [3.05, 3.63) is 39.9 Å². The molecule has 0 aliphatic carbocycles. The highest BCUT2D eigenvalue weighted by atomic mass is 32.2. The number of sulfonamides is 1. The normalized spacial score (nSPS) is 12.7. The Labute approximate surface area is 134 Å². The standard InChI is InChI=1S/C14H20N2O6S/c1-2-3-7-12(14(17)18)15-23(21,22)10-9-11-6-4-5-8-13(11)16(19)20/h4-6,8,12,15H,2-3,7,9-10H2,1H3,(H,17,18)/t12-/m0/s1. The first-order chi connectivity index (χ1) is 10.8. The second-order valence-electron chi connectivity index (χ2n) is 5.11. The fourth-order valence-electron chi connectivity index (χ4n) is 2.06.